The third-order valence-corrected chi connectivity index (χ3v) is 2.70. The van der Waals surface area contributed by atoms with E-state index < -0.39 is 6.04 Å². The minimum Gasteiger partial charge on any atom is -0.385 e. The molecule has 16 heavy (non-hydrogen) atoms. The van der Waals surface area contributed by atoms with Crippen molar-refractivity contribution in [3.05, 3.63) is 0 Å². The van der Waals surface area contributed by atoms with Gasteiger partial charge in [-0.15, -0.1) is 12.4 Å². The molecule has 0 fully saturated rings. The average Bonchev–Trinajstić information content (AvgIpc) is 2.23. The molecule has 1 amide bonds. The Morgan fingerprint density at radius 1 is 1.44 bits per heavy atom. The van der Waals surface area contributed by atoms with Crippen LogP contribution in [0.4, 0.5) is 0 Å². The Morgan fingerprint density at radius 2 is 2.00 bits per heavy atom. The van der Waals surface area contributed by atoms with Crippen LogP contribution in [0.25, 0.3) is 0 Å². The number of halogens is 1. The van der Waals surface area contributed by atoms with E-state index in [9.17, 15) is 4.79 Å². The summed E-state index contributed by atoms with van der Waals surface area (Å²) in [5, 5.41) is 2.89. The molecule has 0 aromatic heterocycles. The number of rotatable bonds is 7. The highest BCUT2D eigenvalue weighted by atomic mass is 35.5. The van der Waals surface area contributed by atoms with Gasteiger partial charge in [-0.3, -0.25) is 4.79 Å². The zero-order valence-corrected chi connectivity index (χ0v) is 11.5. The molecule has 3 N–H and O–H groups in total. The van der Waals surface area contributed by atoms with Crippen molar-refractivity contribution in [3.8, 4) is 0 Å². The topological polar surface area (TPSA) is 64.4 Å². The fourth-order valence-corrected chi connectivity index (χ4v) is 1.22. The number of nitrogens with two attached hydrogens (primary N) is 1. The van der Waals surface area contributed by atoms with E-state index in [1.807, 2.05) is 20.8 Å². The van der Waals surface area contributed by atoms with Gasteiger partial charge in [0.05, 0.1) is 6.04 Å². The third kappa shape index (κ3) is 7.04. The van der Waals surface area contributed by atoms with Crippen LogP contribution in [0.3, 0.4) is 0 Å². The Morgan fingerprint density at radius 3 is 2.44 bits per heavy atom. The molecule has 3 atom stereocenters. The van der Waals surface area contributed by atoms with E-state index in [1.54, 1.807) is 7.11 Å². The molecule has 0 saturated carbocycles. The number of hydrogen-bond acceptors (Lipinski definition) is 3. The lowest BCUT2D eigenvalue weighted by Crippen LogP contribution is -2.47. The highest BCUT2D eigenvalue weighted by Crippen LogP contribution is 2.05. The summed E-state index contributed by atoms with van der Waals surface area (Å²) in [6, 6.07) is -0.285. The first-order chi connectivity index (χ1) is 7.02. The number of methoxy groups -OCH3 is 1. The highest BCUT2D eigenvalue weighted by molar-refractivity contribution is 5.85. The van der Waals surface area contributed by atoms with Crippen LogP contribution in [0.1, 0.15) is 33.6 Å². The Kier molecular flexibility index (Phi) is 11.1. The predicted molar refractivity (Wildman–Crippen MR) is 68.8 cm³/mol. The standard InChI is InChI=1S/C11H24N2O2.ClH/c1-5-8(2)10(12)11(14)13-9(3)6-7-15-4;/h8-10H,5-7,12H2,1-4H3,(H,13,14);1H. The van der Waals surface area contributed by atoms with Crippen LogP contribution < -0.4 is 11.1 Å². The van der Waals surface area contributed by atoms with Gasteiger partial charge in [-0.1, -0.05) is 20.3 Å². The van der Waals surface area contributed by atoms with Gasteiger partial charge in [-0.05, 0) is 19.3 Å². The number of amides is 1. The molecule has 0 heterocycles. The van der Waals surface area contributed by atoms with Crippen molar-refractivity contribution in [3.63, 3.8) is 0 Å². The van der Waals surface area contributed by atoms with Crippen LogP contribution in [0.5, 0.6) is 0 Å². The first-order valence-corrected chi connectivity index (χ1v) is 5.57. The van der Waals surface area contributed by atoms with Crippen LogP contribution in [0, 0.1) is 5.92 Å². The van der Waals surface area contributed by atoms with Gasteiger partial charge in [0.25, 0.3) is 0 Å². The monoisotopic (exact) mass is 252 g/mol. The summed E-state index contributed by atoms with van der Waals surface area (Å²) < 4.78 is 4.94. The van der Waals surface area contributed by atoms with Crippen molar-refractivity contribution >= 4 is 18.3 Å². The van der Waals surface area contributed by atoms with Gasteiger partial charge in [-0.25, -0.2) is 0 Å². The molecular formula is C11H25ClN2O2. The quantitative estimate of drug-likeness (QED) is 0.718. The second-order valence-corrected chi connectivity index (χ2v) is 4.10. The van der Waals surface area contributed by atoms with E-state index in [-0.39, 0.29) is 30.3 Å². The van der Waals surface area contributed by atoms with E-state index >= 15 is 0 Å². The zero-order valence-electron chi connectivity index (χ0n) is 10.7. The fraction of sp³-hybridized carbons (Fsp3) is 0.909. The summed E-state index contributed by atoms with van der Waals surface area (Å²) >= 11 is 0. The molecule has 0 radical (unpaired) electrons. The van der Waals surface area contributed by atoms with Gasteiger partial charge < -0.3 is 15.8 Å². The lowest BCUT2D eigenvalue weighted by atomic mass is 9.99. The number of carbonyl (C=O) groups excluding carboxylic acids is 1. The molecule has 0 aliphatic heterocycles. The largest absolute Gasteiger partial charge is 0.385 e. The number of hydrogen-bond donors (Lipinski definition) is 2. The molecule has 98 valence electrons. The molecule has 0 saturated heterocycles. The first-order valence-electron chi connectivity index (χ1n) is 5.57. The Labute approximate surface area is 105 Å². The minimum atomic E-state index is -0.403. The Bertz CT molecular complexity index is 191. The maximum Gasteiger partial charge on any atom is 0.237 e. The van der Waals surface area contributed by atoms with Crippen LogP contribution in [-0.4, -0.2) is 31.7 Å². The maximum absolute atomic E-state index is 11.6. The number of ether oxygens (including phenoxy) is 1. The second kappa shape index (κ2) is 9.87. The molecule has 5 heteroatoms. The lowest BCUT2D eigenvalue weighted by Gasteiger charge is -2.20. The van der Waals surface area contributed by atoms with E-state index in [0.717, 1.165) is 12.8 Å². The van der Waals surface area contributed by atoms with Crippen LogP contribution in [0.2, 0.25) is 0 Å². The summed E-state index contributed by atoms with van der Waals surface area (Å²) in [6.07, 6.45) is 1.73. The Balaban J connectivity index is 0. The molecule has 0 bridgehead atoms. The van der Waals surface area contributed by atoms with Crippen molar-refractivity contribution in [1.29, 1.82) is 0 Å². The van der Waals surface area contributed by atoms with Gasteiger partial charge >= 0.3 is 0 Å². The van der Waals surface area contributed by atoms with E-state index in [4.69, 9.17) is 10.5 Å². The lowest BCUT2D eigenvalue weighted by molar-refractivity contribution is -0.124. The van der Waals surface area contributed by atoms with E-state index in [1.165, 1.54) is 0 Å². The van der Waals surface area contributed by atoms with Crippen molar-refractivity contribution in [2.75, 3.05) is 13.7 Å². The summed E-state index contributed by atoms with van der Waals surface area (Å²) in [4.78, 5) is 11.6. The first kappa shape index (κ1) is 18.1. The molecule has 0 aliphatic carbocycles. The molecule has 0 aliphatic rings. The minimum absolute atomic E-state index is 0. The highest BCUT2D eigenvalue weighted by Gasteiger charge is 2.20. The van der Waals surface area contributed by atoms with Crippen LogP contribution >= 0.6 is 12.4 Å². The van der Waals surface area contributed by atoms with Crippen molar-refractivity contribution in [1.82, 2.24) is 5.32 Å². The fourth-order valence-electron chi connectivity index (χ4n) is 1.22. The van der Waals surface area contributed by atoms with Crippen molar-refractivity contribution in [2.24, 2.45) is 11.7 Å². The van der Waals surface area contributed by atoms with Crippen LogP contribution in [0.15, 0.2) is 0 Å². The Hall–Kier alpha value is -0.320. The number of nitrogens with one attached hydrogen (secondary N) is 1. The third-order valence-electron chi connectivity index (χ3n) is 2.70. The predicted octanol–water partition coefficient (Wildman–Crippen LogP) is 1.32. The van der Waals surface area contributed by atoms with Crippen molar-refractivity contribution < 1.29 is 9.53 Å². The van der Waals surface area contributed by atoms with E-state index in [0.29, 0.717) is 6.61 Å². The SMILES string of the molecule is CCC(C)C(N)C(=O)NC(C)CCOC.Cl. The average molecular weight is 253 g/mol. The van der Waals surface area contributed by atoms with Gasteiger partial charge in [0, 0.05) is 19.8 Å². The van der Waals surface area contributed by atoms with Gasteiger partial charge in [-0.2, -0.15) is 0 Å². The molecule has 4 nitrogen and oxygen atoms in total. The summed E-state index contributed by atoms with van der Waals surface area (Å²) in [7, 11) is 1.65. The normalized spacial score (nSPS) is 15.8. The van der Waals surface area contributed by atoms with Gasteiger partial charge in [0.15, 0.2) is 0 Å². The molecule has 0 aromatic rings. The van der Waals surface area contributed by atoms with Gasteiger partial charge in [0.1, 0.15) is 0 Å². The van der Waals surface area contributed by atoms with E-state index in [2.05, 4.69) is 5.32 Å². The molecule has 0 aromatic carbocycles. The summed E-state index contributed by atoms with van der Waals surface area (Å²) in [5.41, 5.74) is 5.80. The van der Waals surface area contributed by atoms with Crippen molar-refractivity contribution in [2.45, 2.75) is 45.7 Å². The zero-order chi connectivity index (χ0) is 11.8. The van der Waals surface area contributed by atoms with Crippen LogP contribution in [-0.2, 0) is 9.53 Å². The smallest absolute Gasteiger partial charge is 0.237 e. The second-order valence-electron chi connectivity index (χ2n) is 4.10. The molecule has 0 rings (SSSR count). The molecule has 0 spiro atoms. The maximum atomic E-state index is 11.6. The number of carbonyl (C=O) groups is 1. The molecular weight excluding hydrogens is 228 g/mol. The summed E-state index contributed by atoms with van der Waals surface area (Å²) in [5.74, 6) is 0.160. The summed E-state index contributed by atoms with van der Waals surface area (Å²) in [6.45, 7) is 6.64. The van der Waals surface area contributed by atoms with Gasteiger partial charge in [0.2, 0.25) is 5.91 Å². The molecule has 3 unspecified atom stereocenters.